The van der Waals surface area contributed by atoms with Crippen molar-refractivity contribution in [1.82, 2.24) is 14.1 Å². The van der Waals surface area contributed by atoms with Crippen molar-refractivity contribution in [2.75, 3.05) is 37.7 Å². The van der Waals surface area contributed by atoms with E-state index in [1.54, 1.807) is 44.3 Å². The molecule has 2 heterocycles. The zero-order chi connectivity index (χ0) is 25.2. The SMILES string of the molecule is CCOC1CCC(Oc2c(N3CCN(S(=O)(=O)C(C)C)CC3)cnn(-c3cccc(Cl)c3)c2=O)C1. The Balaban J connectivity index is 1.64. The minimum absolute atomic E-state index is 0.121. The monoisotopic (exact) mass is 524 g/mol. The van der Waals surface area contributed by atoms with E-state index >= 15 is 0 Å². The summed E-state index contributed by atoms with van der Waals surface area (Å²) < 4.78 is 40.1. The number of rotatable bonds is 8. The number of hydrogen-bond donors (Lipinski definition) is 0. The van der Waals surface area contributed by atoms with Crippen molar-refractivity contribution in [1.29, 1.82) is 0 Å². The molecule has 11 heteroatoms. The fourth-order valence-electron chi connectivity index (χ4n) is 4.60. The van der Waals surface area contributed by atoms with Gasteiger partial charge in [0, 0.05) is 44.2 Å². The first-order valence-corrected chi connectivity index (χ1v) is 14.0. The first-order valence-electron chi connectivity index (χ1n) is 12.1. The summed E-state index contributed by atoms with van der Waals surface area (Å²) in [7, 11) is -3.33. The van der Waals surface area contributed by atoms with Gasteiger partial charge in [-0.3, -0.25) is 4.79 Å². The fraction of sp³-hybridized carbons (Fsp3) is 0.583. The van der Waals surface area contributed by atoms with E-state index in [2.05, 4.69) is 5.10 Å². The van der Waals surface area contributed by atoms with E-state index < -0.39 is 15.3 Å². The molecule has 0 radical (unpaired) electrons. The Morgan fingerprint density at radius 3 is 2.51 bits per heavy atom. The van der Waals surface area contributed by atoms with Crippen LogP contribution in [-0.4, -0.2) is 72.7 Å². The maximum Gasteiger partial charge on any atom is 0.316 e. The summed E-state index contributed by atoms with van der Waals surface area (Å²) in [6.07, 6.45) is 3.99. The summed E-state index contributed by atoms with van der Waals surface area (Å²) in [4.78, 5) is 15.6. The Morgan fingerprint density at radius 2 is 1.86 bits per heavy atom. The predicted molar refractivity (Wildman–Crippen MR) is 136 cm³/mol. The van der Waals surface area contributed by atoms with Crippen LogP contribution in [0.4, 0.5) is 5.69 Å². The second kappa shape index (κ2) is 10.9. The van der Waals surface area contributed by atoms with Gasteiger partial charge in [0.15, 0.2) is 0 Å². The van der Waals surface area contributed by atoms with E-state index in [1.807, 2.05) is 11.8 Å². The summed E-state index contributed by atoms with van der Waals surface area (Å²) in [6, 6.07) is 6.94. The third-order valence-electron chi connectivity index (χ3n) is 6.53. The highest BCUT2D eigenvalue weighted by Crippen LogP contribution is 2.31. The van der Waals surface area contributed by atoms with E-state index in [4.69, 9.17) is 21.1 Å². The first kappa shape index (κ1) is 25.9. The predicted octanol–water partition coefficient (Wildman–Crippen LogP) is 3.08. The van der Waals surface area contributed by atoms with E-state index in [0.29, 0.717) is 55.6 Å². The van der Waals surface area contributed by atoms with Crippen molar-refractivity contribution >= 4 is 27.3 Å². The molecule has 2 fully saturated rings. The lowest BCUT2D eigenvalue weighted by Gasteiger charge is -2.36. The normalized spacial score (nSPS) is 21.6. The summed E-state index contributed by atoms with van der Waals surface area (Å²) in [5.74, 6) is 0.224. The van der Waals surface area contributed by atoms with Crippen LogP contribution >= 0.6 is 11.6 Å². The van der Waals surface area contributed by atoms with Gasteiger partial charge in [0.25, 0.3) is 0 Å². The highest BCUT2D eigenvalue weighted by Gasteiger charge is 2.33. The molecule has 192 valence electrons. The maximum atomic E-state index is 13.6. The van der Waals surface area contributed by atoms with Crippen LogP contribution in [0.15, 0.2) is 35.3 Å². The second-order valence-electron chi connectivity index (χ2n) is 9.17. The molecule has 0 spiro atoms. The van der Waals surface area contributed by atoms with Crippen molar-refractivity contribution in [2.24, 2.45) is 0 Å². The molecular weight excluding hydrogens is 492 g/mol. The molecule has 1 aliphatic heterocycles. The van der Waals surface area contributed by atoms with Gasteiger partial charge < -0.3 is 14.4 Å². The smallest absolute Gasteiger partial charge is 0.316 e. The van der Waals surface area contributed by atoms with Crippen molar-refractivity contribution in [3.05, 3.63) is 45.8 Å². The van der Waals surface area contributed by atoms with Crippen molar-refractivity contribution in [3.8, 4) is 11.4 Å². The molecule has 1 aromatic heterocycles. The average Bonchev–Trinajstić information content (AvgIpc) is 3.27. The van der Waals surface area contributed by atoms with Gasteiger partial charge in [-0.1, -0.05) is 17.7 Å². The minimum atomic E-state index is -3.33. The summed E-state index contributed by atoms with van der Waals surface area (Å²) in [5.41, 5.74) is 0.752. The van der Waals surface area contributed by atoms with Gasteiger partial charge >= 0.3 is 5.56 Å². The number of anilines is 1. The van der Waals surface area contributed by atoms with E-state index in [1.165, 1.54) is 8.99 Å². The van der Waals surface area contributed by atoms with Gasteiger partial charge in [-0.15, -0.1) is 0 Å². The Kier molecular flexibility index (Phi) is 8.05. The summed E-state index contributed by atoms with van der Waals surface area (Å²) in [5, 5.41) is 4.43. The van der Waals surface area contributed by atoms with E-state index in [0.717, 1.165) is 12.8 Å². The lowest BCUT2D eigenvalue weighted by atomic mass is 10.2. The molecule has 1 saturated heterocycles. The number of nitrogens with zero attached hydrogens (tertiary/aromatic N) is 4. The van der Waals surface area contributed by atoms with Gasteiger partial charge in [0.2, 0.25) is 15.8 Å². The maximum absolute atomic E-state index is 13.6. The molecule has 4 rings (SSSR count). The quantitative estimate of drug-likeness (QED) is 0.523. The molecule has 1 aliphatic carbocycles. The van der Waals surface area contributed by atoms with Crippen LogP contribution in [0.2, 0.25) is 5.02 Å². The van der Waals surface area contributed by atoms with Gasteiger partial charge in [-0.05, 0) is 51.8 Å². The molecule has 0 amide bonds. The highest BCUT2D eigenvalue weighted by atomic mass is 35.5. The lowest BCUT2D eigenvalue weighted by molar-refractivity contribution is 0.0588. The van der Waals surface area contributed by atoms with Gasteiger partial charge in [-0.25, -0.2) is 8.42 Å². The number of halogens is 1. The Hall–Kier alpha value is -2.14. The highest BCUT2D eigenvalue weighted by molar-refractivity contribution is 7.89. The number of sulfonamides is 1. The van der Waals surface area contributed by atoms with E-state index in [-0.39, 0.29) is 23.5 Å². The standard InChI is InChI=1S/C24H33ClN4O5S/c1-4-33-20-8-9-21(15-20)34-23-22(27-10-12-28(13-11-27)35(31,32)17(2)3)16-26-29(24(23)30)19-7-5-6-18(25)14-19/h5-7,14,16-17,20-21H,4,8-13,15H2,1-3H3. The zero-order valence-electron chi connectivity index (χ0n) is 20.4. The molecule has 9 nitrogen and oxygen atoms in total. The molecule has 1 aromatic carbocycles. The van der Waals surface area contributed by atoms with E-state index in [9.17, 15) is 13.2 Å². The van der Waals surface area contributed by atoms with Crippen LogP contribution in [-0.2, 0) is 14.8 Å². The third kappa shape index (κ3) is 5.66. The molecule has 1 saturated carbocycles. The molecular formula is C24H33ClN4O5S. The van der Waals surface area contributed by atoms with Crippen LogP contribution in [0.1, 0.15) is 40.0 Å². The second-order valence-corrected chi connectivity index (χ2v) is 12.1. The average molecular weight is 525 g/mol. The lowest BCUT2D eigenvalue weighted by Crippen LogP contribution is -2.50. The molecule has 2 aliphatic rings. The topological polar surface area (TPSA) is 94.0 Å². The molecule has 2 unspecified atom stereocenters. The fourth-order valence-corrected chi connectivity index (χ4v) is 6.05. The number of aromatic nitrogens is 2. The van der Waals surface area contributed by atoms with Gasteiger partial charge in [0.1, 0.15) is 11.8 Å². The first-order chi connectivity index (χ1) is 16.7. The molecule has 2 aromatic rings. The Labute approximate surface area is 211 Å². The summed E-state index contributed by atoms with van der Waals surface area (Å²) >= 11 is 6.15. The van der Waals surface area contributed by atoms with Crippen molar-refractivity contribution in [3.63, 3.8) is 0 Å². The number of piperazine rings is 1. The minimum Gasteiger partial charge on any atom is -0.483 e. The largest absolute Gasteiger partial charge is 0.483 e. The Bertz CT molecular complexity index is 1190. The molecule has 35 heavy (non-hydrogen) atoms. The molecule has 0 N–H and O–H groups in total. The molecule has 0 bridgehead atoms. The van der Waals surface area contributed by atoms with Crippen LogP contribution in [0.5, 0.6) is 5.75 Å². The van der Waals surface area contributed by atoms with Crippen LogP contribution in [0.25, 0.3) is 5.69 Å². The molecule has 2 atom stereocenters. The van der Waals surface area contributed by atoms with Gasteiger partial charge in [0.05, 0.1) is 23.2 Å². The number of hydrogen-bond acceptors (Lipinski definition) is 7. The summed E-state index contributed by atoms with van der Waals surface area (Å²) in [6.45, 7) is 7.55. The van der Waals surface area contributed by atoms with Gasteiger partial charge in [-0.2, -0.15) is 14.1 Å². The number of benzene rings is 1. The zero-order valence-corrected chi connectivity index (χ0v) is 22.0. The third-order valence-corrected chi connectivity index (χ3v) is 9.04. The van der Waals surface area contributed by atoms with Crippen LogP contribution < -0.4 is 15.2 Å². The Morgan fingerprint density at radius 1 is 1.14 bits per heavy atom. The van der Waals surface area contributed by atoms with Crippen LogP contribution in [0.3, 0.4) is 0 Å². The number of ether oxygens (including phenoxy) is 2. The van der Waals surface area contributed by atoms with Crippen molar-refractivity contribution < 1.29 is 17.9 Å². The van der Waals surface area contributed by atoms with Crippen molar-refractivity contribution in [2.45, 2.75) is 57.5 Å². The van der Waals surface area contributed by atoms with Crippen LogP contribution in [0, 0.1) is 0 Å².